The van der Waals surface area contributed by atoms with Crippen LogP contribution in [0.5, 0.6) is 0 Å². The van der Waals surface area contributed by atoms with Gasteiger partial charge in [-0.1, -0.05) is 18.9 Å². The fourth-order valence-corrected chi connectivity index (χ4v) is 7.60. The fourth-order valence-electron chi connectivity index (χ4n) is 5.91. The Morgan fingerprint density at radius 3 is 2.02 bits per heavy atom. The Hall–Kier alpha value is -1.04. The second-order valence-corrected chi connectivity index (χ2v) is 15.5. The Morgan fingerprint density at radius 2 is 1.42 bits per heavy atom. The summed E-state index contributed by atoms with van der Waals surface area (Å²) in [7, 11) is -13.0. The van der Waals surface area contributed by atoms with E-state index in [1.54, 1.807) is 6.92 Å². The summed E-state index contributed by atoms with van der Waals surface area (Å²) in [5.41, 5.74) is 0. The number of aldehydes is 1. The first kappa shape index (κ1) is 43.7. The van der Waals surface area contributed by atoms with Crippen molar-refractivity contribution in [3.8, 4) is 0 Å². The van der Waals surface area contributed by atoms with Crippen molar-refractivity contribution in [3.05, 3.63) is 0 Å². The van der Waals surface area contributed by atoms with Gasteiger partial charge >= 0.3 is 20.8 Å². The molecule has 4 saturated heterocycles. The van der Waals surface area contributed by atoms with Crippen LogP contribution < -0.4 is 0 Å². The number of carbonyl (C=O) groups is 1. The molecule has 0 radical (unpaired) electrons. The Balaban J connectivity index is 1.57. The Kier molecular flexibility index (Phi) is 15.3. The molecule has 0 aliphatic carbocycles. The van der Waals surface area contributed by atoms with E-state index in [4.69, 9.17) is 43.2 Å². The van der Waals surface area contributed by atoms with E-state index >= 15 is 0 Å². The van der Waals surface area contributed by atoms with Gasteiger partial charge in [0.1, 0.15) is 60.2 Å². The summed E-state index contributed by atoms with van der Waals surface area (Å²) in [6.45, 7) is 1.01. The SMILES string of the molecule is CCC1OC(C=O)C(O)C1OC1OCC(OC2OC(COS(=O)(=O)O)C(OC3OCC(C)C(O)C3OS(=O)(=O)O)C(O)C2S(=N)OOO)C(O)C1O. The smallest absolute Gasteiger partial charge is 0.390 e. The van der Waals surface area contributed by atoms with E-state index in [2.05, 4.69) is 17.7 Å². The quantitative estimate of drug-likeness (QED) is 0.0306. The molecule has 0 amide bonds. The highest BCUT2D eigenvalue weighted by Gasteiger charge is 2.55. The van der Waals surface area contributed by atoms with Gasteiger partial charge < -0.3 is 63.5 Å². The molecular formula is C24H41NO24S3. The number of aliphatic hydroxyl groups is 5. The molecule has 0 saturated carbocycles. The maximum Gasteiger partial charge on any atom is 0.397 e. The van der Waals surface area contributed by atoms with Crippen molar-refractivity contribution < 1.29 is 112 Å². The maximum atomic E-state index is 11.5. The molecule has 25 nitrogen and oxygen atoms in total. The lowest BCUT2D eigenvalue weighted by Gasteiger charge is -2.47. The number of carbonyl (C=O) groups excluding carboxylic acids is 1. The minimum atomic E-state index is -5.26. The van der Waals surface area contributed by atoms with E-state index in [1.165, 1.54) is 6.92 Å². The molecule has 18 unspecified atom stereocenters. The summed E-state index contributed by atoms with van der Waals surface area (Å²) >= 11 is 0. The van der Waals surface area contributed by atoms with Crippen LogP contribution in [0.4, 0.5) is 0 Å². The molecule has 4 fully saturated rings. The van der Waals surface area contributed by atoms with Crippen LogP contribution in [0.25, 0.3) is 0 Å². The monoisotopic (exact) mass is 823 g/mol. The molecule has 4 rings (SSSR count). The average molecular weight is 824 g/mol. The molecule has 0 aromatic carbocycles. The largest absolute Gasteiger partial charge is 0.397 e. The molecular weight excluding hydrogens is 782 g/mol. The third-order valence-corrected chi connectivity index (χ3v) is 10.6. The van der Waals surface area contributed by atoms with Crippen LogP contribution in [0, 0.1) is 10.7 Å². The van der Waals surface area contributed by atoms with Crippen LogP contribution in [-0.4, -0.2) is 180 Å². The normalized spacial score (nSPS) is 44.0. The second kappa shape index (κ2) is 18.3. The molecule has 0 bridgehead atoms. The molecule has 0 aromatic rings. The van der Waals surface area contributed by atoms with Crippen LogP contribution in [0.2, 0.25) is 0 Å². The van der Waals surface area contributed by atoms with Gasteiger partial charge in [0.05, 0.1) is 43.0 Å². The first-order valence-electron chi connectivity index (χ1n) is 15.4. The standard InChI is InChI=1S/C24H41NO24S3/c1-3-9-18(15(29)10(4-26)42-9)45-22-16(30)14(28)11(6-40-22)43-24-21(50(25)49-48-32)17(31)19(12(44-24)7-41-51(33,34)35)46-23-20(47-52(36,37)38)13(27)8(2)5-39-23/h4,8-25,27-32H,3,5-7H2,1-2H3,(H,33,34,35)(H,36,37,38). The van der Waals surface area contributed by atoms with Crippen LogP contribution in [-0.2, 0) is 87.5 Å². The van der Waals surface area contributed by atoms with Crippen molar-refractivity contribution in [2.24, 2.45) is 5.92 Å². The number of rotatable bonds is 16. The van der Waals surface area contributed by atoms with E-state index in [0.29, 0.717) is 6.29 Å². The number of ether oxygens (including phenoxy) is 7. The summed E-state index contributed by atoms with van der Waals surface area (Å²) in [6, 6.07) is 0. The number of nitrogens with one attached hydrogen (secondary N) is 1. The van der Waals surface area contributed by atoms with Gasteiger partial charge in [0, 0.05) is 5.92 Å². The Labute approximate surface area is 298 Å². The molecule has 9 N–H and O–H groups in total. The molecule has 28 heteroatoms. The molecule has 52 heavy (non-hydrogen) atoms. The molecule has 4 aliphatic heterocycles. The molecule has 0 aromatic heterocycles. The highest BCUT2D eigenvalue weighted by molar-refractivity contribution is 7.82. The van der Waals surface area contributed by atoms with Gasteiger partial charge in [0.25, 0.3) is 0 Å². The summed E-state index contributed by atoms with van der Waals surface area (Å²) in [5.74, 6) is -0.792. The first-order valence-corrected chi connectivity index (χ1v) is 19.3. The molecule has 0 spiro atoms. The third-order valence-electron chi connectivity index (χ3n) is 8.53. The van der Waals surface area contributed by atoms with Gasteiger partial charge in [-0.2, -0.15) is 16.8 Å². The van der Waals surface area contributed by atoms with Gasteiger partial charge in [-0.05, 0) is 6.42 Å². The van der Waals surface area contributed by atoms with Gasteiger partial charge in [0.15, 0.2) is 31.3 Å². The van der Waals surface area contributed by atoms with Crippen molar-refractivity contribution in [1.82, 2.24) is 0 Å². The van der Waals surface area contributed by atoms with E-state index < -0.39 is 148 Å². The Bertz CT molecular complexity index is 1420. The summed E-state index contributed by atoms with van der Waals surface area (Å²) in [6.07, 6.45) is -24.6. The van der Waals surface area contributed by atoms with Crippen molar-refractivity contribution in [2.45, 2.75) is 118 Å². The predicted molar refractivity (Wildman–Crippen MR) is 160 cm³/mol. The molecule has 4 aliphatic rings. The van der Waals surface area contributed by atoms with E-state index in [1.807, 2.05) is 0 Å². The van der Waals surface area contributed by atoms with Crippen LogP contribution >= 0.6 is 0 Å². The lowest BCUT2D eigenvalue weighted by molar-refractivity contribution is -0.435. The zero-order valence-corrected chi connectivity index (χ0v) is 29.5. The van der Waals surface area contributed by atoms with Crippen molar-refractivity contribution in [1.29, 1.82) is 4.78 Å². The topological polar surface area (TPSA) is 373 Å². The zero-order valence-electron chi connectivity index (χ0n) is 27.1. The number of aliphatic hydroxyl groups excluding tert-OH is 5. The maximum absolute atomic E-state index is 11.5. The van der Waals surface area contributed by atoms with Crippen LogP contribution in [0.1, 0.15) is 20.3 Å². The number of hydrogen-bond donors (Lipinski definition) is 9. The molecule has 18 atom stereocenters. The minimum Gasteiger partial charge on any atom is -0.390 e. The molecule has 304 valence electrons. The van der Waals surface area contributed by atoms with E-state index in [-0.39, 0.29) is 13.0 Å². The lowest BCUT2D eigenvalue weighted by atomic mass is 9.96. The lowest BCUT2D eigenvalue weighted by Crippen LogP contribution is -2.65. The fraction of sp³-hybridized carbons (Fsp3) is 0.958. The first-order chi connectivity index (χ1) is 24.3. The molecule has 4 heterocycles. The third kappa shape index (κ3) is 10.6. The average Bonchev–Trinajstić information content (AvgIpc) is 3.37. The van der Waals surface area contributed by atoms with Gasteiger partial charge in [0.2, 0.25) is 0 Å². The van der Waals surface area contributed by atoms with Gasteiger partial charge in [-0.25, -0.2) is 13.6 Å². The highest BCUT2D eigenvalue weighted by Crippen LogP contribution is 2.35. The minimum absolute atomic E-state index is 0.286. The summed E-state index contributed by atoms with van der Waals surface area (Å²) in [5, 5.41) is 64.9. The van der Waals surface area contributed by atoms with Crippen LogP contribution in [0.15, 0.2) is 0 Å². The van der Waals surface area contributed by atoms with Crippen molar-refractivity contribution in [2.75, 3.05) is 19.8 Å². The zero-order chi connectivity index (χ0) is 38.7. The summed E-state index contributed by atoms with van der Waals surface area (Å²) < 4.78 is 125. The number of hydrogen-bond acceptors (Lipinski definition) is 23. The predicted octanol–water partition coefficient (Wildman–Crippen LogP) is -4.51. The van der Waals surface area contributed by atoms with Crippen LogP contribution in [0.3, 0.4) is 0 Å². The van der Waals surface area contributed by atoms with Crippen molar-refractivity contribution in [3.63, 3.8) is 0 Å². The highest BCUT2D eigenvalue weighted by atomic mass is 32.3. The van der Waals surface area contributed by atoms with E-state index in [0.717, 1.165) is 0 Å². The van der Waals surface area contributed by atoms with Gasteiger partial charge in [-0.15, -0.1) is 4.33 Å². The second-order valence-electron chi connectivity index (χ2n) is 12.0. The van der Waals surface area contributed by atoms with Crippen molar-refractivity contribution >= 4 is 38.1 Å². The summed E-state index contributed by atoms with van der Waals surface area (Å²) in [4.78, 5) is 11.3. The Morgan fingerprint density at radius 1 is 0.788 bits per heavy atom. The van der Waals surface area contributed by atoms with E-state index in [9.17, 15) is 56.3 Å². The van der Waals surface area contributed by atoms with Gasteiger partial charge in [-0.3, -0.25) is 13.9 Å².